The molecule has 1 aliphatic heterocycles. The van der Waals surface area contributed by atoms with Gasteiger partial charge in [-0.15, -0.1) is 0 Å². The molecule has 0 spiro atoms. The SMILES string of the molecule is CCN1CCOC(CC(=O)Nc2ccc(C(=O)OCC(=O)c3ccccc3)cc2)C1=O. The van der Waals surface area contributed by atoms with E-state index in [1.807, 2.05) is 6.92 Å². The Hall–Kier alpha value is -3.52. The van der Waals surface area contributed by atoms with Crippen LogP contribution >= 0.6 is 0 Å². The minimum absolute atomic E-state index is 0.0826. The number of ketones is 1. The summed E-state index contributed by atoms with van der Waals surface area (Å²) in [5.41, 5.74) is 1.19. The molecule has 1 N–H and O–H groups in total. The van der Waals surface area contributed by atoms with Crippen LogP contribution in [0.2, 0.25) is 0 Å². The Balaban J connectivity index is 1.49. The maximum absolute atomic E-state index is 12.3. The Kier molecular flexibility index (Phi) is 7.50. The second kappa shape index (κ2) is 10.5. The van der Waals surface area contributed by atoms with Crippen LogP contribution in [-0.2, 0) is 19.1 Å². The van der Waals surface area contributed by atoms with Crippen LogP contribution < -0.4 is 5.32 Å². The summed E-state index contributed by atoms with van der Waals surface area (Å²) in [7, 11) is 0. The molecule has 2 aromatic carbocycles. The predicted octanol–water partition coefficient (Wildman–Crippen LogP) is 2.30. The Bertz CT molecular complexity index is 942. The third kappa shape index (κ3) is 5.99. The number of hydrogen-bond acceptors (Lipinski definition) is 6. The molecule has 1 saturated heterocycles. The van der Waals surface area contributed by atoms with Crippen LogP contribution in [0.1, 0.15) is 34.1 Å². The van der Waals surface area contributed by atoms with E-state index < -0.39 is 12.1 Å². The molecule has 1 fully saturated rings. The van der Waals surface area contributed by atoms with Crippen LogP contribution in [0.25, 0.3) is 0 Å². The fourth-order valence-corrected chi connectivity index (χ4v) is 3.14. The molecule has 1 atom stereocenters. The Labute approximate surface area is 180 Å². The van der Waals surface area contributed by atoms with Gasteiger partial charge < -0.3 is 19.7 Å². The number of nitrogens with one attached hydrogen (secondary N) is 1. The number of amides is 2. The molecule has 3 rings (SSSR count). The summed E-state index contributed by atoms with van der Waals surface area (Å²) in [6.07, 6.45) is -0.870. The zero-order valence-electron chi connectivity index (χ0n) is 17.2. The van der Waals surface area contributed by atoms with Crippen molar-refractivity contribution in [2.75, 3.05) is 31.6 Å². The van der Waals surface area contributed by atoms with Gasteiger partial charge in [-0.2, -0.15) is 0 Å². The molecule has 162 valence electrons. The number of nitrogens with zero attached hydrogens (tertiary/aromatic N) is 1. The minimum atomic E-state index is -0.787. The molecule has 2 aromatic rings. The summed E-state index contributed by atoms with van der Waals surface area (Å²) in [6.45, 7) is 3.04. The van der Waals surface area contributed by atoms with Crippen LogP contribution in [-0.4, -0.2) is 60.9 Å². The molecule has 0 saturated carbocycles. The standard InChI is InChI=1S/C23H24N2O6/c1-2-25-12-13-30-20(22(25)28)14-21(27)24-18-10-8-17(9-11-18)23(29)31-15-19(26)16-6-4-3-5-7-16/h3-11,20H,2,12-15H2,1H3,(H,24,27). The van der Waals surface area contributed by atoms with Crippen molar-refractivity contribution in [2.24, 2.45) is 0 Å². The maximum Gasteiger partial charge on any atom is 0.338 e. The van der Waals surface area contributed by atoms with E-state index in [1.165, 1.54) is 12.1 Å². The van der Waals surface area contributed by atoms with Crippen molar-refractivity contribution >= 4 is 29.3 Å². The number of esters is 1. The van der Waals surface area contributed by atoms with E-state index in [2.05, 4.69) is 5.32 Å². The molecule has 8 nitrogen and oxygen atoms in total. The molecule has 0 radical (unpaired) electrons. The molecule has 31 heavy (non-hydrogen) atoms. The lowest BCUT2D eigenvalue weighted by atomic mass is 10.1. The van der Waals surface area contributed by atoms with E-state index in [1.54, 1.807) is 47.4 Å². The quantitative estimate of drug-likeness (QED) is 0.515. The highest BCUT2D eigenvalue weighted by Crippen LogP contribution is 2.14. The number of anilines is 1. The number of hydrogen-bond donors (Lipinski definition) is 1. The van der Waals surface area contributed by atoms with Crippen molar-refractivity contribution in [2.45, 2.75) is 19.4 Å². The van der Waals surface area contributed by atoms with Crippen molar-refractivity contribution in [3.05, 3.63) is 65.7 Å². The number of morpholine rings is 1. The molecule has 0 aromatic heterocycles. The average molecular weight is 424 g/mol. The van der Waals surface area contributed by atoms with Gasteiger partial charge in [0.05, 0.1) is 18.6 Å². The first-order chi connectivity index (χ1) is 15.0. The molecule has 1 heterocycles. The Morgan fingerprint density at radius 2 is 1.77 bits per heavy atom. The van der Waals surface area contributed by atoms with Gasteiger partial charge in [0, 0.05) is 24.3 Å². The summed E-state index contributed by atoms with van der Waals surface area (Å²) < 4.78 is 10.5. The van der Waals surface area contributed by atoms with Crippen molar-refractivity contribution in [3.63, 3.8) is 0 Å². The van der Waals surface area contributed by atoms with Crippen LogP contribution in [0, 0.1) is 0 Å². The minimum Gasteiger partial charge on any atom is -0.454 e. The van der Waals surface area contributed by atoms with Gasteiger partial charge in [-0.3, -0.25) is 14.4 Å². The van der Waals surface area contributed by atoms with Crippen molar-refractivity contribution in [3.8, 4) is 0 Å². The highest BCUT2D eigenvalue weighted by molar-refractivity contribution is 5.99. The number of likely N-dealkylation sites (N-methyl/N-ethyl adjacent to an activating group) is 1. The van der Waals surface area contributed by atoms with Gasteiger partial charge in [0.1, 0.15) is 6.10 Å². The fraction of sp³-hybridized carbons (Fsp3) is 0.304. The van der Waals surface area contributed by atoms with Crippen molar-refractivity contribution in [1.29, 1.82) is 0 Å². The van der Waals surface area contributed by atoms with Crippen molar-refractivity contribution < 1.29 is 28.7 Å². The monoisotopic (exact) mass is 424 g/mol. The molecule has 0 aliphatic carbocycles. The number of carbonyl (C=O) groups is 4. The Morgan fingerprint density at radius 1 is 1.06 bits per heavy atom. The molecular weight excluding hydrogens is 400 g/mol. The highest BCUT2D eigenvalue weighted by atomic mass is 16.5. The average Bonchev–Trinajstić information content (AvgIpc) is 2.79. The van der Waals surface area contributed by atoms with Crippen LogP contribution in [0.3, 0.4) is 0 Å². The normalized spacial score (nSPS) is 16.0. The molecule has 1 unspecified atom stereocenters. The van der Waals surface area contributed by atoms with Gasteiger partial charge in [0.2, 0.25) is 5.91 Å². The first kappa shape index (κ1) is 22.2. The summed E-state index contributed by atoms with van der Waals surface area (Å²) in [4.78, 5) is 50.3. The summed E-state index contributed by atoms with van der Waals surface area (Å²) in [5, 5.41) is 2.68. The van der Waals surface area contributed by atoms with Gasteiger partial charge in [-0.25, -0.2) is 4.79 Å². The van der Waals surface area contributed by atoms with E-state index in [4.69, 9.17) is 9.47 Å². The summed E-state index contributed by atoms with van der Waals surface area (Å²) >= 11 is 0. The number of Topliss-reactive ketones (excluding diaryl/α,β-unsaturated/α-hetero) is 1. The lowest BCUT2D eigenvalue weighted by Gasteiger charge is -2.31. The molecule has 1 aliphatic rings. The molecule has 2 amide bonds. The fourth-order valence-electron chi connectivity index (χ4n) is 3.14. The van der Waals surface area contributed by atoms with E-state index in [0.717, 1.165) is 0 Å². The predicted molar refractivity (Wildman–Crippen MR) is 113 cm³/mol. The third-order valence-corrected chi connectivity index (χ3v) is 4.85. The maximum atomic E-state index is 12.3. The van der Waals surface area contributed by atoms with E-state index in [9.17, 15) is 19.2 Å². The molecule has 0 bridgehead atoms. The Morgan fingerprint density at radius 3 is 2.45 bits per heavy atom. The zero-order valence-corrected chi connectivity index (χ0v) is 17.2. The highest BCUT2D eigenvalue weighted by Gasteiger charge is 2.30. The smallest absolute Gasteiger partial charge is 0.338 e. The van der Waals surface area contributed by atoms with Gasteiger partial charge in [-0.1, -0.05) is 30.3 Å². The van der Waals surface area contributed by atoms with Crippen LogP contribution in [0.5, 0.6) is 0 Å². The van der Waals surface area contributed by atoms with Gasteiger partial charge in [0.15, 0.2) is 12.4 Å². The second-order valence-corrected chi connectivity index (χ2v) is 6.97. The number of benzene rings is 2. The van der Waals surface area contributed by atoms with E-state index >= 15 is 0 Å². The van der Waals surface area contributed by atoms with Crippen LogP contribution in [0.4, 0.5) is 5.69 Å². The lowest BCUT2D eigenvalue weighted by Crippen LogP contribution is -2.48. The van der Waals surface area contributed by atoms with Crippen molar-refractivity contribution in [1.82, 2.24) is 4.90 Å². The second-order valence-electron chi connectivity index (χ2n) is 6.97. The van der Waals surface area contributed by atoms with E-state index in [0.29, 0.717) is 30.9 Å². The lowest BCUT2D eigenvalue weighted by molar-refractivity contribution is -0.154. The van der Waals surface area contributed by atoms with Gasteiger partial charge in [0.25, 0.3) is 5.91 Å². The first-order valence-corrected chi connectivity index (χ1v) is 10.0. The number of rotatable bonds is 8. The van der Waals surface area contributed by atoms with E-state index in [-0.39, 0.29) is 36.2 Å². The van der Waals surface area contributed by atoms with Gasteiger partial charge >= 0.3 is 5.97 Å². The summed E-state index contributed by atoms with van der Waals surface area (Å²) in [5.74, 6) is -1.48. The van der Waals surface area contributed by atoms with Gasteiger partial charge in [-0.05, 0) is 31.2 Å². The zero-order chi connectivity index (χ0) is 22.2. The first-order valence-electron chi connectivity index (χ1n) is 10.0. The molecule has 8 heteroatoms. The number of ether oxygens (including phenoxy) is 2. The number of carbonyl (C=O) groups excluding carboxylic acids is 4. The topological polar surface area (TPSA) is 102 Å². The largest absolute Gasteiger partial charge is 0.454 e. The molecular formula is C23H24N2O6. The summed E-state index contributed by atoms with van der Waals surface area (Å²) in [6, 6.07) is 14.7. The third-order valence-electron chi connectivity index (χ3n) is 4.85. The van der Waals surface area contributed by atoms with Crippen LogP contribution in [0.15, 0.2) is 54.6 Å².